The van der Waals surface area contributed by atoms with Crippen molar-refractivity contribution in [2.24, 2.45) is 17.1 Å². The van der Waals surface area contributed by atoms with Crippen LogP contribution in [0.2, 0.25) is 0 Å². The minimum atomic E-state index is 0.175. The number of carbonyl (C=O) groups excluding carboxylic acids is 1. The smallest absolute Gasteiger partial charge is 0.224 e. The van der Waals surface area contributed by atoms with E-state index in [9.17, 15) is 4.79 Å². The second kappa shape index (κ2) is 6.02. The monoisotopic (exact) mass is 253 g/mol. The lowest BCUT2D eigenvalue weighted by molar-refractivity contribution is -0.127. The van der Waals surface area contributed by atoms with Crippen LogP contribution in [-0.2, 0) is 4.79 Å². The number of hydrogen-bond donors (Lipinski definition) is 2. The van der Waals surface area contributed by atoms with Gasteiger partial charge in [-0.2, -0.15) is 0 Å². The predicted molar refractivity (Wildman–Crippen MR) is 73.2 cm³/mol. The number of nitrogens with one attached hydrogen (secondary N) is 1. The van der Waals surface area contributed by atoms with Crippen LogP contribution in [0, 0.1) is 11.3 Å². The fourth-order valence-electron chi connectivity index (χ4n) is 3.23. The molecule has 0 aromatic carbocycles. The molecule has 1 saturated carbocycles. The van der Waals surface area contributed by atoms with Crippen molar-refractivity contribution in [2.45, 2.75) is 39.0 Å². The third-order valence-electron chi connectivity index (χ3n) is 4.49. The van der Waals surface area contributed by atoms with Crippen molar-refractivity contribution in [1.29, 1.82) is 0 Å². The molecule has 0 bridgehead atoms. The SMILES string of the molecule is CC1(CN2CCCC(C(=O)NCCN)C2)CCC1. The third-order valence-corrected chi connectivity index (χ3v) is 4.49. The van der Waals surface area contributed by atoms with Crippen LogP contribution in [0.1, 0.15) is 39.0 Å². The Balaban J connectivity index is 1.78. The van der Waals surface area contributed by atoms with Gasteiger partial charge >= 0.3 is 0 Å². The first-order chi connectivity index (χ1) is 8.63. The van der Waals surface area contributed by atoms with Gasteiger partial charge in [-0.3, -0.25) is 4.79 Å². The summed E-state index contributed by atoms with van der Waals surface area (Å²) in [5, 5.41) is 2.92. The van der Waals surface area contributed by atoms with Gasteiger partial charge in [0.15, 0.2) is 0 Å². The van der Waals surface area contributed by atoms with Gasteiger partial charge < -0.3 is 16.0 Å². The van der Waals surface area contributed by atoms with Gasteiger partial charge in [0.2, 0.25) is 5.91 Å². The molecule has 4 nitrogen and oxygen atoms in total. The predicted octanol–water partition coefficient (Wildman–Crippen LogP) is 0.964. The second-order valence-corrected chi connectivity index (χ2v) is 6.32. The van der Waals surface area contributed by atoms with E-state index in [4.69, 9.17) is 5.73 Å². The molecule has 2 fully saturated rings. The van der Waals surface area contributed by atoms with Crippen LogP contribution in [0.15, 0.2) is 0 Å². The molecule has 1 saturated heterocycles. The van der Waals surface area contributed by atoms with Gasteiger partial charge in [-0.25, -0.2) is 0 Å². The molecule has 1 aliphatic carbocycles. The van der Waals surface area contributed by atoms with E-state index in [0.29, 0.717) is 18.5 Å². The molecule has 1 amide bonds. The molecule has 0 aromatic heterocycles. The number of rotatable bonds is 5. The second-order valence-electron chi connectivity index (χ2n) is 6.32. The summed E-state index contributed by atoms with van der Waals surface area (Å²) in [5.74, 6) is 0.373. The van der Waals surface area contributed by atoms with Crippen LogP contribution in [0.4, 0.5) is 0 Å². The summed E-state index contributed by atoms with van der Waals surface area (Å²) in [6, 6.07) is 0. The van der Waals surface area contributed by atoms with Crippen LogP contribution >= 0.6 is 0 Å². The molecular weight excluding hydrogens is 226 g/mol. The summed E-state index contributed by atoms with van der Waals surface area (Å²) in [6.45, 7) is 6.79. The Morgan fingerprint density at radius 2 is 2.22 bits per heavy atom. The van der Waals surface area contributed by atoms with Gasteiger partial charge in [-0.15, -0.1) is 0 Å². The van der Waals surface area contributed by atoms with Crippen LogP contribution in [-0.4, -0.2) is 43.5 Å². The average molecular weight is 253 g/mol. The summed E-state index contributed by atoms with van der Waals surface area (Å²) in [6.07, 6.45) is 6.27. The van der Waals surface area contributed by atoms with Crippen molar-refractivity contribution in [3.63, 3.8) is 0 Å². The van der Waals surface area contributed by atoms with Crippen molar-refractivity contribution in [3.05, 3.63) is 0 Å². The maximum Gasteiger partial charge on any atom is 0.224 e. The fraction of sp³-hybridized carbons (Fsp3) is 0.929. The zero-order valence-electron chi connectivity index (χ0n) is 11.6. The molecule has 1 heterocycles. The van der Waals surface area contributed by atoms with E-state index in [1.54, 1.807) is 0 Å². The number of likely N-dealkylation sites (tertiary alicyclic amines) is 1. The topological polar surface area (TPSA) is 58.4 Å². The Bertz CT molecular complexity index is 289. The number of nitrogens with zero attached hydrogens (tertiary/aromatic N) is 1. The largest absolute Gasteiger partial charge is 0.355 e. The first-order valence-corrected chi connectivity index (χ1v) is 7.33. The first kappa shape index (κ1) is 13.8. The van der Waals surface area contributed by atoms with Crippen molar-refractivity contribution in [2.75, 3.05) is 32.7 Å². The lowest BCUT2D eigenvalue weighted by atomic mass is 9.70. The molecule has 0 aromatic rings. The molecule has 104 valence electrons. The van der Waals surface area contributed by atoms with Gasteiger partial charge in [0.25, 0.3) is 0 Å². The highest BCUT2D eigenvalue weighted by molar-refractivity contribution is 5.78. The molecular formula is C14H27N3O. The molecule has 1 atom stereocenters. The summed E-state index contributed by atoms with van der Waals surface area (Å²) >= 11 is 0. The highest BCUT2D eigenvalue weighted by Crippen LogP contribution is 2.41. The highest BCUT2D eigenvalue weighted by atomic mass is 16.1. The molecule has 0 radical (unpaired) electrons. The Morgan fingerprint density at radius 3 is 2.83 bits per heavy atom. The van der Waals surface area contributed by atoms with Gasteiger partial charge in [0.1, 0.15) is 0 Å². The maximum atomic E-state index is 12.0. The molecule has 1 unspecified atom stereocenters. The van der Waals surface area contributed by atoms with Crippen LogP contribution < -0.4 is 11.1 Å². The maximum absolute atomic E-state index is 12.0. The van der Waals surface area contributed by atoms with E-state index in [2.05, 4.69) is 17.1 Å². The van der Waals surface area contributed by atoms with Crippen molar-refractivity contribution in [1.82, 2.24) is 10.2 Å². The zero-order chi connectivity index (χ0) is 13.0. The zero-order valence-corrected chi connectivity index (χ0v) is 11.6. The number of nitrogens with two attached hydrogens (primary N) is 1. The van der Waals surface area contributed by atoms with E-state index in [0.717, 1.165) is 25.9 Å². The third kappa shape index (κ3) is 3.45. The van der Waals surface area contributed by atoms with Crippen LogP contribution in [0.3, 0.4) is 0 Å². The van der Waals surface area contributed by atoms with Gasteiger partial charge in [-0.05, 0) is 37.6 Å². The fourth-order valence-corrected chi connectivity index (χ4v) is 3.23. The summed E-state index contributed by atoms with van der Waals surface area (Å²) in [5.41, 5.74) is 5.94. The number of amides is 1. The minimum Gasteiger partial charge on any atom is -0.355 e. The molecule has 2 aliphatic rings. The molecule has 3 N–H and O–H groups in total. The van der Waals surface area contributed by atoms with E-state index < -0.39 is 0 Å². The van der Waals surface area contributed by atoms with Crippen LogP contribution in [0.25, 0.3) is 0 Å². The van der Waals surface area contributed by atoms with Crippen LogP contribution in [0.5, 0.6) is 0 Å². The lowest BCUT2D eigenvalue weighted by Gasteiger charge is -2.44. The molecule has 1 aliphatic heterocycles. The number of carbonyl (C=O) groups is 1. The minimum absolute atomic E-state index is 0.175. The Labute approximate surface area is 110 Å². The molecule has 0 spiro atoms. The normalized spacial score (nSPS) is 27.6. The molecule has 2 rings (SSSR count). The van der Waals surface area contributed by atoms with Gasteiger partial charge in [0.05, 0.1) is 5.92 Å². The Kier molecular flexibility index (Phi) is 4.62. The van der Waals surface area contributed by atoms with Gasteiger partial charge in [-0.1, -0.05) is 13.3 Å². The summed E-state index contributed by atoms with van der Waals surface area (Å²) < 4.78 is 0. The average Bonchev–Trinajstić information content (AvgIpc) is 2.34. The summed E-state index contributed by atoms with van der Waals surface area (Å²) in [7, 11) is 0. The van der Waals surface area contributed by atoms with E-state index in [-0.39, 0.29) is 11.8 Å². The lowest BCUT2D eigenvalue weighted by Crippen LogP contribution is -2.48. The van der Waals surface area contributed by atoms with E-state index in [1.165, 1.54) is 25.8 Å². The molecule has 4 heteroatoms. The highest BCUT2D eigenvalue weighted by Gasteiger charge is 2.35. The van der Waals surface area contributed by atoms with E-state index in [1.807, 2.05) is 0 Å². The van der Waals surface area contributed by atoms with Crippen molar-refractivity contribution < 1.29 is 4.79 Å². The number of hydrogen-bond acceptors (Lipinski definition) is 3. The first-order valence-electron chi connectivity index (χ1n) is 7.33. The standard InChI is InChI=1S/C14H27N3O/c1-14(5-3-6-14)11-17-9-2-4-12(10-17)13(18)16-8-7-15/h12H,2-11,15H2,1H3,(H,16,18). The Morgan fingerprint density at radius 1 is 1.44 bits per heavy atom. The summed E-state index contributed by atoms with van der Waals surface area (Å²) in [4.78, 5) is 14.5. The Hall–Kier alpha value is -0.610. The van der Waals surface area contributed by atoms with E-state index >= 15 is 0 Å². The quantitative estimate of drug-likeness (QED) is 0.767. The van der Waals surface area contributed by atoms with Gasteiger partial charge in [0, 0.05) is 26.2 Å². The van der Waals surface area contributed by atoms with Crippen molar-refractivity contribution >= 4 is 5.91 Å². The molecule has 18 heavy (non-hydrogen) atoms. The van der Waals surface area contributed by atoms with Crippen molar-refractivity contribution in [3.8, 4) is 0 Å². The number of piperidine rings is 1.